The second kappa shape index (κ2) is 7.59. The summed E-state index contributed by atoms with van der Waals surface area (Å²) in [4.78, 5) is 26.3. The number of amides is 2. The van der Waals surface area contributed by atoms with Crippen molar-refractivity contribution in [2.75, 3.05) is 13.1 Å². The summed E-state index contributed by atoms with van der Waals surface area (Å²) in [6, 6.07) is 2.10. The van der Waals surface area contributed by atoms with Crippen molar-refractivity contribution < 1.29 is 9.59 Å². The molecule has 0 radical (unpaired) electrons. The number of thiophene rings is 1. The molecule has 1 saturated heterocycles. The van der Waals surface area contributed by atoms with Gasteiger partial charge in [-0.25, -0.2) is 0 Å². The summed E-state index contributed by atoms with van der Waals surface area (Å²) in [6.45, 7) is 5.53. The van der Waals surface area contributed by atoms with Crippen LogP contribution in [0.15, 0.2) is 16.8 Å². The van der Waals surface area contributed by atoms with Crippen molar-refractivity contribution in [1.82, 2.24) is 10.2 Å². The minimum atomic E-state index is 0.0517. The van der Waals surface area contributed by atoms with E-state index in [1.54, 1.807) is 0 Å². The Morgan fingerprint density at radius 1 is 1.43 bits per heavy atom. The summed E-state index contributed by atoms with van der Waals surface area (Å²) in [5, 5.41) is 6.88. The summed E-state index contributed by atoms with van der Waals surface area (Å²) in [6.07, 6.45) is 3.62. The monoisotopic (exact) mass is 308 g/mol. The molecule has 0 saturated carbocycles. The number of hydrogen-bond acceptors (Lipinski definition) is 3. The topological polar surface area (TPSA) is 49.4 Å². The van der Waals surface area contributed by atoms with Crippen LogP contribution in [0.2, 0.25) is 0 Å². The lowest BCUT2D eigenvalue weighted by molar-refractivity contribution is -0.126. The molecular formula is C16H24N2O2S. The fourth-order valence-corrected chi connectivity index (χ4v) is 3.41. The lowest BCUT2D eigenvalue weighted by atomic mass is 9.95. The molecule has 1 aliphatic heterocycles. The van der Waals surface area contributed by atoms with Crippen molar-refractivity contribution in [3.8, 4) is 0 Å². The lowest BCUT2D eigenvalue weighted by Gasteiger charge is -2.31. The van der Waals surface area contributed by atoms with Gasteiger partial charge in [0.1, 0.15) is 0 Å². The second-order valence-electron chi connectivity index (χ2n) is 5.78. The van der Waals surface area contributed by atoms with Gasteiger partial charge in [-0.05, 0) is 37.6 Å². The van der Waals surface area contributed by atoms with Crippen LogP contribution in [0.4, 0.5) is 0 Å². The number of nitrogens with one attached hydrogen (secondary N) is 1. The van der Waals surface area contributed by atoms with Gasteiger partial charge >= 0.3 is 0 Å². The summed E-state index contributed by atoms with van der Waals surface area (Å²) in [5.41, 5.74) is 0.763. The molecule has 5 heteroatoms. The van der Waals surface area contributed by atoms with E-state index in [0.29, 0.717) is 13.1 Å². The van der Waals surface area contributed by atoms with Crippen molar-refractivity contribution in [1.29, 1.82) is 0 Å². The minimum Gasteiger partial charge on any atom is -0.353 e. The third-order valence-corrected chi connectivity index (χ3v) is 4.71. The highest BCUT2D eigenvalue weighted by atomic mass is 32.1. The maximum atomic E-state index is 12.2. The summed E-state index contributed by atoms with van der Waals surface area (Å²) >= 11 is 1.54. The zero-order valence-corrected chi connectivity index (χ0v) is 13.6. The van der Waals surface area contributed by atoms with E-state index in [0.717, 1.165) is 31.2 Å². The van der Waals surface area contributed by atoms with Crippen molar-refractivity contribution in [2.24, 2.45) is 5.92 Å². The van der Waals surface area contributed by atoms with Gasteiger partial charge in [0.25, 0.3) is 5.91 Å². The van der Waals surface area contributed by atoms with Crippen molar-refractivity contribution in [3.63, 3.8) is 0 Å². The highest BCUT2D eigenvalue weighted by molar-refractivity contribution is 7.08. The van der Waals surface area contributed by atoms with Crippen molar-refractivity contribution in [2.45, 2.75) is 45.6 Å². The Balaban J connectivity index is 1.80. The molecule has 116 valence electrons. The van der Waals surface area contributed by atoms with Gasteiger partial charge in [0.2, 0.25) is 5.91 Å². The van der Waals surface area contributed by atoms with Crippen LogP contribution in [0.1, 0.15) is 49.9 Å². The molecule has 1 fully saturated rings. The zero-order chi connectivity index (χ0) is 15.2. The van der Waals surface area contributed by atoms with Gasteiger partial charge in [0.05, 0.1) is 5.56 Å². The molecule has 1 N–H and O–H groups in total. The van der Waals surface area contributed by atoms with Gasteiger partial charge in [-0.3, -0.25) is 9.59 Å². The molecule has 0 spiro atoms. The Kier molecular flexibility index (Phi) is 5.79. The molecule has 21 heavy (non-hydrogen) atoms. The van der Waals surface area contributed by atoms with E-state index in [1.165, 1.54) is 11.3 Å². The SMILES string of the molecule is CCCC(C)NC(=O)C1CCN(C(=O)c2ccsc2)CC1. The highest BCUT2D eigenvalue weighted by Gasteiger charge is 2.28. The lowest BCUT2D eigenvalue weighted by Crippen LogP contribution is -2.44. The number of carbonyl (C=O) groups excluding carboxylic acids is 2. The van der Waals surface area contributed by atoms with Gasteiger partial charge in [-0.15, -0.1) is 0 Å². The molecule has 1 atom stereocenters. The van der Waals surface area contributed by atoms with Crippen LogP contribution in [0, 0.1) is 5.92 Å². The molecule has 0 aromatic carbocycles. The molecule has 2 heterocycles. The molecule has 2 amide bonds. The van der Waals surface area contributed by atoms with E-state index in [2.05, 4.69) is 19.2 Å². The predicted molar refractivity (Wildman–Crippen MR) is 85.5 cm³/mol. The molecule has 1 aliphatic rings. The van der Waals surface area contributed by atoms with Crippen LogP contribution in [-0.4, -0.2) is 35.8 Å². The van der Waals surface area contributed by atoms with E-state index in [-0.39, 0.29) is 23.8 Å². The second-order valence-corrected chi connectivity index (χ2v) is 6.56. The Morgan fingerprint density at radius 2 is 2.14 bits per heavy atom. The van der Waals surface area contributed by atoms with Gasteiger partial charge in [0.15, 0.2) is 0 Å². The van der Waals surface area contributed by atoms with Crippen LogP contribution in [-0.2, 0) is 4.79 Å². The standard InChI is InChI=1S/C16H24N2O2S/c1-3-4-12(2)17-15(19)13-5-8-18(9-6-13)16(20)14-7-10-21-11-14/h7,10-13H,3-6,8-9H2,1-2H3,(H,17,19). The number of piperidine rings is 1. The largest absolute Gasteiger partial charge is 0.353 e. The van der Waals surface area contributed by atoms with Crippen LogP contribution in [0.25, 0.3) is 0 Å². The number of likely N-dealkylation sites (tertiary alicyclic amines) is 1. The normalized spacial score (nSPS) is 17.5. The maximum Gasteiger partial charge on any atom is 0.254 e. The Labute approximate surface area is 130 Å². The fraction of sp³-hybridized carbons (Fsp3) is 0.625. The van der Waals surface area contributed by atoms with Gasteiger partial charge in [-0.2, -0.15) is 11.3 Å². The van der Waals surface area contributed by atoms with E-state index in [1.807, 2.05) is 21.7 Å². The van der Waals surface area contributed by atoms with E-state index in [9.17, 15) is 9.59 Å². The predicted octanol–water partition coefficient (Wildman–Crippen LogP) is 2.91. The summed E-state index contributed by atoms with van der Waals surface area (Å²) in [7, 11) is 0. The quantitative estimate of drug-likeness (QED) is 0.909. The van der Waals surface area contributed by atoms with Crippen molar-refractivity contribution >= 4 is 23.2 Å². The molecule has 1 unspecified atom stereocenters. The van der Waals surface area contributed by atoms with E-state index >= 15 is 0 Å². The van der Waals surface area contributed by atoms with E-state index < -0.39 is 0 Å². The fourth-order valence-electron chi connectivity index (χ4n) is 2.78. The molecule has 0 aliphatic carbocycles. The first-order chi connectivity index (χ1) is 10.1. The van der Waals surface area contributed by atoms with Gasteiger partial charge in [-0.1, -0.05) is 13.3 Å². The highest BCUT2D eigenvalue weighted by Crippen LogP contribution is 2.20. The number of carbonyl (C=O) groups is 2. The number of rotatable bonds is 5. The van der Waals surface area contributed by atoms with Crippen LogP contribution in [0.3, 0.4) is 0 Å². The maximum absolute atomic E-state index is 12.2. The number of hydrogen-bond donors (Lipinski definition) is 1. The first-order valence-corrected chi connectivity index (χ1v) is 8.68. The molecule has 4 nitrogen and oxygen atoms in total. The first kappa shape index (κ1) is 16.0. The minimum absolute atomic E-state index is 0.0517. The third-order valence-electron chi connectivity index (χ3n) is 4.03. The average molecular weight is 308 g/mol. The molecule has 1 aromatic rings. The van der Waals surface area contributed by atoms with Crippen LogP contribution in [0.5, 0.6) is 0 Å². The molecule has 0 bridgehead atoms. The van der Waals surface area contributed by atoms with Gasteiger partial charge < -0.3 is 10.2 Å². The summed E-state index contributed by atoms with van der Waals surface area (Å²) in [5.74, 6) is 0.295. The number of nitrogens with zero attached hydrogens (tertiary/aromatic N) is 1. The van der Waals surface area contributed by atoms with Crippen LogP contribution < -0.4 is 5.32 Å². The third kappa shape index (κ3) is 4.30. The Bertz CT molecular complexity index is 465. The Hall–Kier alpha value is -1.36. The molecular weight excluding hydrogens is 284 g/mol. The Morgan fingerprint density at radius 3 is 2.71 bits per heavy atom. The zero-order valence-electron chi connectivity index (χ0n) is 12.8. The first-order valence-electron chi connectivity index (χ1n) is 7.73. The smallest absolute Gasteiger partial charge is 0.254 e. The van der Waals surface area contributed by atoms with E-state index in [4.69, 9.17) is 0 Å². The van der Waals surface area contributed by atoms with Gasteiger partial charge in [0, 0.05) is 30.4 Å². The molecule has 1 aromatic heterocycles. The van der Waals surface area contributed by atoms with Crippen LogP contribution >= 0.6 is 11.3 Å². The molecule has 2 rings (SSSR count). The van der Waals surface area contributed by atoms with Crippen molar-refractivity contribution in [3.05, 3.63) is 22.4 Å². The average Bonchev–Trinajstić information content (AvgIpc) is 3.01. The summed E-state index contributed by atoms with van der Waals surface area (Å²) < 4.78 is 0.